The van der Waals surface area contributed by atoms with Crippen molar-refractivity contribution in [3.05, 3.63) is 156 Å². The van der Waals surface area contributed by atoms with Gasteiger partial charge in [-0.25, -0.2) is 0 Å². The Morgan fingerprint density at radius 3 is 0.909 bits per heavy atom. The van der Waals surface area contributed by atoms with Crippen molar-refractivity contribution in [1.29, 1.82) is 0 Å². The fourth-order valence-electron chi connectivity index (χ4n) is 2.79. The van der Waals surface area contributed by atoms with Gasteiger partial charge in [-0.15, -0.1) is 12.1 Å². The Morgan fingerprint density at radius 2 is 0.727 bits per heavy atom. The summed E-state index contributed by atoms with van der Waals surface area (Å²) in [4.78, 5) is 0. The van der Waals surface area contributed by atoms with Crippen LogP contribution in [0.15, 0.2) is 121 Å². The largest absolute Gasteiger partial charge is 2.00 e. The monoisotopic (exact) mass is 516 g/mol. The van der Waals surface area contributed by atoms with E-state index in [0.29, 0.717) is 0 Å². The molecule has 2 N–H and O–H groups in total. The minimum Gasteiger partial charge on any atom is -0.397 e. The second-order valence-electron chi connectivity index (χ2n) is 6.59. The van der Waals surface area contributed by atoms with Gasteiger partial charge in [0.05, 0.1) is 0 Å². The van der Waals surface area contributed by atoms with Crippen LogP contribution in [-0.4, -0.2) is 23.4 Å². The van der Waals surface area contributed by atoms with E-state index in [1.165, 1.54) is 22.6 Å². The molecule has 0 atom stereocenters. The number of hydrogen-bond donors (Lipinski definition) is 2. The van der Waals surface area contributed by atoms with Crippen molar-refractivity contribution < 1.29 is 36.4 Å². The smallest absolute Gasteiger partial charge is 0.397 e. The molecule has 0 aliphatic heterocycles. The standard InChI is InChI=1S/C19H15.C7H7.2C2H6O.Zr/c1-4-10-16(11-5-1)19(17-12-6-2-7-13-17)18-14-8-3-9-15-18;1-7-5-3-2-4-6-7;2*1-2-3;/h1-15H;2-6H,1H2;2*3H,2H2,1H3;/q2*-1;;;+2. The van der Waals surface area contributed by atoms with E-state index in [1.54, 1.807) is 13.8 Å². The summed E-state index contributed by atoms with van der Waals surface area (Å²) in [5.74, 6) is 1.28. The van der Waals surface area contributed by atoms with Crippen LogP contribution in [0, 0.1) is 12.8 Å². The number of aliphatic hydroxyl groups is 2. The summed E-state index contributed by atoms with van der Waals surface area (Å²) < 4.78 is 0. The molecule has 4 aromatic rings. The van der Waals surface area contributed by atoms with Gasteiger partial charge in [0, 0.05) is 13.2 Å². The van der Waals surface area contributed by atoms with Gasteiger partial charge in [-0.3, -0.25) is 0 Å². The molecular formula is C30H34O2Zr. The molecule has 33 heavy (non-hydrogen) atoms. The molecule has 4 aromatic carbocycles. The first-order valence-electron chi connectivity index (χ1n) is 10.8. The van der Waals surface area contributed by atoms with Crippen LogP contribution >= 0.6 is 0 Å². The minimum absolute atomic E-state index is 0. The van der Waals surface area contributed by atoms with E-state index in [9.17, 15) is 0 Å². The van der Waals surface area contributed by atoms with Gasteiger partial charge in [-0.05, 0) is 13.8 Å². The van der Waals surface area contributed by atoms with Crippen molar-refractivity contribution in [2.45, 2.75) is 13.8 Å². The van der Waals surface area contributed by atoms with Gasteiger partial charge in [0.25, 0.3) is 0 Å². The molecule has 0 bridgehead atoms. The van der Waals surface area contributed by atoms with Crippen LogP contribution in [0.1, 0.15) is 36.1 Å². The van der Waals surface area contributed by atoms with Crippen LogP contribution in [0.3, 0.4) is 0 Å². The summed E-state index contributed by atoms with van der Waals surface area (Å²) in [5.41, 5.74) is 4.82. The van der Waals surface area contributed by atoms with Crippen LogP contribution < -0.4 is 0 Å². The number of hydrogen-bond acceptors (Lipinski definition) is 2. The summed E-state index contributed by atoms with van der Waals surface area (Å²) in [6.45, 7) is 7.58. The average molecular weight is 518 g/mol. The van der Waals surface area contributed by atoms with Gasteiger partial charge < -0.3 is 10.2 Å². The summed E-state index contributed by atoms with van der Waals surface area (Å²) in [7, 11) is 0. The summed E-state index contributed by atoms with van der Waals surface area (Å²) in [6, 6.07) is 41.5. The average Bonchev–Trinajstić information content (AvgIpc) is 2.83. The molecule has 0 amide bonds. The molecule has 0 spiro atoms. The molecule has 0 radical (unpaired) electrons. The molecule has 0 heterocycles. The third-order valence-corrected chi connectivity index (χ3v) is 4.03. The van der Waals surface area contributed by atoms with Gasteiger partial charge >= 0.3 is 26.2 Å². The second-order valence-corrected chi connectivity index (χ2v) is 6.59. The van der Waals surface area contributed by atoms with E-state index >= 15 is 0 Å². The maximum atomic E-state index is 7.57. The first-order chi connectivity index (χ1) is 15.7. The Bertz CT molecular complexity index is 818. The first kappa shape index (κ1) is 30.4. The predicted octanol–water partition coefficient (Wildman–Crippen LogP) is 6.57. The number of aliphatic hydroxyl groups excluding tert-OH is 2. The fourth-order valence-corrected chi connectivity index (χ4v) is 2.79. The van der Waals surface area contributed by atoms with Crippen LogP contribution in [0.4, 0.5) is 0 Å². The van der Waals surface area contributed by atoms with E-state index in [2.05, 4.69) is 97.9 Å². The van der Waals surface area contributed by atoms with Crippen molar-refractivity contribution in [1.82, 2.24) is 0 Å². The van der Waals surface area contributed by atoms with Crippen LogP contribution in [-0.2, 0) is 26.2 Å². The Labute approximate surface area is 219 Å². The minimum atomic E-state index is 0. The Kier molecular flexibility index (Phi) is 18.5. The molecule has 0 aliphatic rings. The van der Waals surface area contributed by atoms with Gasteiger partial charge in [-0.2, -0.15) is 24.6 Å². The van der Waals surface area contributed by atoms with Crippen LogP contribution in [0.2, 0.25) is 0 Å². The quantitative estimate of drug-likeness (QED) is 0.238. The number of rotatable bonds is 3. The molecule has 0 aliphatic carbocycles. The van der Waals surface area contributed by atoms with Crippen molar-refractivity contribution in [2.75, 3.05) is 13.2 Å². The predicted molar refractivity (Wildman–Crippen MR) is 136 cm³/mol. The Balaban J connectivity index is 0.000000609. The molecule has 0 aromatic heterocycles. The Morgan fingerprint density at radius 1 is 0.515 bits per heavy atom. The second kappa shape index (κ2) is 20.1. The maximum absolute atomic E-state index is 7.57. The van der Waals surface area contributed by atoms with Gasteiger partial charge in [0.1, 0.15) is 0 Å². The zero-order valence-corrected chi connectivity index (χ0v) is 22.0. The Hall–Kier alpha value is -2.58. The van der Waals surface area contributed by atoms with E-state index in [4.69, 9.17) is 10.2 Å². The third-order valence-electron chi connectivity index (χ3n) is 4.03. The van der Waals surface area contributed by atoms with Crippen molar-refractivity contribution in [3.63, 3.8) is 0 Å². The third kappa shape index (κ3) is 12.9. The molecule has 0 saturated carbocycles. The molecule has 170 valence electrons. The number of benzene rings is 4. The molecular weight excluding hydrogens is 484 g/mol. The summed E-state index contributed by atoms with van der Waals surface area (Å²) >= 11 is 0. The van der Waals surface area contributed by atoms with Gasteiger partial charge in [0.15, 0.2) is 0 Å². The van der Waals surface area contributed by atoms with Gasteiger partial charge in [0.2, 0.25) is 0 Å². The van der Waals surface area contributed by atoms with Crippen LogP contribution in [0.25, 0.3) is 0 Å². The molecule has 0 fully saturated rings. The van der Waals surface area contributed by atoms with E-state index < -0.39 is 0 Å². The van der Waals surface area contributed by atoms with Crippen molar-refractivity contribution in [3.8, 4) is 0 Å². The molecule has 2 nitrogen and oxygen atoms in total. The van der Waals surface area contributed by atoms with Crippen molar-refractivity contribution >= 4 is 0 Å². The van der Waals surface area contributed by atoms with Crippen LogP contribution in [0.5, 0.6) is 0 Å². The zero-order valence-electron chi connectivity index (χ0n) is 19.6. The molecule has 4 rings (SSSR count). The SMILES string of the molecule is CCO.CCO.[CH2-]c1ccccc1.[Zr+2].c1ccc([C-](c2ccccc2)c2ccccc2)cc1. The first-order valence-corrected chi connectivity index (χ1v) is 10.8. The van der Waals surface area contributed by atoms with Crippen molar-refractivity contribution in [2.24, 2.45) is 0 Å². The molecule has 0 unspecified atom stereocenters. The summed E-state index contributed by atoms with van der Waals surface area (Å²) in [5, 5.41) is 15.1. The maximum Gasteiger partial charge on any atom is 2.00 e. The van der Waals surface area contributed by atoms with E-state index in [1.807, 2.05) is 30.3 Å². The topological polar surface area (TPSA) is 40.5 Å². The molecule has 3 heteroatoms. The molecule has 0 saturated heterocycles. The normalized spacial score (nSPS) is 8.73. The van der Waals surface area contributed by atoms with Gasteiger partial charge in [-0.1, -0.05) is 120 Å². The fraction of sp³-hybridized carbons (Fsp3) is 0.133. The van der Waals surface area contributed by atoms with E-state index in [0.717, 1.165) is 5.56 Å². The zero-order chi connectivity index (χ0) is 23.4. The van der Waals surface area contributed by atoms with E-state index in [-0.39, 0.29) is 39.4 Å². The summed E-state index contributed by atoms with van der Waals surface area (Å²) in [6.07, 6.45) is 0.